The first-order chi connectivity index (χ1) is 10.2. The summed E-state index contributed by atoms with van der Waals surface area (Å²) in [5.74, 6) is -0.122. The van der Waals surface area contributed by atoms with Gasteiger partial charge < -0.3 is 5.11 Å². The standard InChI is InChI=1S/C15H13ClN2O2S/c16-9-15(20)18-13(10-3-5-11(19)6-4-10)8-12(17-18)14-2-1-7-21-14/h1-7,13,19H,8-9H2/t13-/m1/s1. The van der Waals surface area contributed by atoms with Crippen molar-refractivity contribution < 1.29 is 9.90 Å². The molecule has 1 amide bonds. The number of carbonyl (C=O) groups is 1. The number of alkyl halides is 1. The zero-order chi connectivity index (χ0) is 14.8. The molecule has 0 saturated carbocycles. The molecule has 1 N–H and O–H groups in total. The van der Waals surface area contributed by atoms with E-state index in [0.717, 1.165) is 16.2 Å². The number of hydrogen-bond donors (Lipinski definition) is 1. The number of hydrogen-bond acceptors (Lipinski definition) is 4. The van der Waals surface area contributed by atoms with Gasteiger partial charge >= 0.3 is 0 Å². The predicted octanol–water partition coefficient (Wildman–Crippen LogP) is 3.37. The monoisotopic (exact) mass is 320 g/mol. The summed E-state index contributed by atoms with van der Waals surface area (Å²) in [7, 11) is 0. The Morgan fingerprint density at radius 2 is 2.14 bits per heavy atom. The number of benzene rings is 1. The van der Waals surface area contributed by atoms with E-state index >= 15 is 0 Å². The maximum atomic E-state index is 12.0. The zero-order valence-corrected chi connectivity index (χ0v) is 12.6. The molecule has 108 valence electrons. The molecule has 0 fully saturated rings. The molecule has 21 heavy (non-hydrogen) atoms. The number of aromatic hydroxyl groups is 1. The van der Waals surface area contributed by atoms with Gasteiger partial charge in [-0.3, -0.25) is 4.79 Å². The van der Waals surface area contributed by atoms with Crippen molar-refractivity contribution in [1.29, 1.82) is 0 Å². The van der Waals surface area contributed by atoms with Gasteiger partial charge in [-0.25, -0.2) is 5.01 Å². The summed E-state index contributed by atoms with van der Waals surface area (Å²) < 4.78 is 0. The topological polar surface area (TPSA) is 52.9 Å². The van der Waals surface area contributed by atoms with E-state index in [2.05, 4.69) is 5.10 Å². The highest BCUT2D eigenvalue weighted by molar-refractivity contribution is 7.12. The van der Waals surface area contributed by atoms with Crippen molar-refractivity contribution in [3.05, 3.63) is 52.2 Å². The molecule has 0 unspecified atom stereocenters. The average molecular weight is 321 g/mol. The van der Waals surface area contributed by atoms with E-state index in [4.69, 9.17) is 11.6 Å². The lowest BCUT2D eigenvalue weighted by Gasteiger charge is -2.21. The number of halogens is 1. The van der Waals surface area contributed by atoms with Crippen LogP contribution in [-0.2, 0) is 4.79 Å². The number of amides is 1. The molecule has 0 radical (unpaired) electrons. The molecule has 1 aromatic heterocycles. The fourth-order valence-corrected chi connectivity index (χ4v) is 3.19. The van der Waals surface area contributed by atoms with Crippen LogP contribution in [0.2, 0.25) is 0 Å². The van der Waals surface area contributed by atoms with Crippen molar-refractivity contribution in [2.24, 2.45) is 5.10 Å². The fourth-order valence-electron chi connectivity index (χ4n) is 2.35. The Hall–Kier alpha value is -1.85. The van der Waals surface area contributed by atoms with Crippen LogP contribution in [0.25, 0.3) is 0 Å². The molecule has 1 aromatic carbocycles. The first-order valence-corrected chi connectivity index (χ1v) is 7.89. The van der Waals surface area contributed by atoms with Gasteiger partial charge in [0.05, 0.1) is 16.6 Å². The Morgan fingerprint density at radius 3 is 2.76 bits per heavy atom. The van der Waals surface area contributed by atoms with Crippen molar-refractivity contribution in [3.63, 3.8) is 0 Å². The maximum Gasteiger partial charge on any atom is 0.258 e. The molecule has 3 rings (SSSR count). The molecule has 4 nitrogen and oxygen atoms in total. The lowest BCUT2D eigenvalue weighted by Crippen LogP contribution is -2.27. The summed E-state index contributed by atoms with van der Waals surface area (Å²) in [6, 6.07) is 10.6. The van der Waals surface area contributed by atoms with E-state index in [9.17, 15) is 9.90 Å². The zero-order valence-electron chi connectivity index (χ0n) is 11.1. The van der Waals surface area contributed by atoms with Crippen LogP contribution in [0.5, 0.6) is 5.75 Å². The quantitative estimate of drug-likeness (QED) is 0.882. The molecule has 0 saturated heterocycles. The smallest absolute Gasteiger partial charge is 0.258 e. The van der Waals surface area contributed by atoms with Crippen LogP contribution < -0.4 is 0 Å². The number of hydrazone groups is 1. The van der Waals surface area contributed by atoms with Crippen molar-refractivity contribution in [2.75, 3.05) is 5.88 Å². The van der Waals surface area contributed by atoms with E-state index in [1.165, 1.54) is 5.01 Å². The highest BCUT2D eigenvalue weighted by Gasteiger charge is 2.32. The third-order valence-electron chi connectivity index (χ3n) is 3.36. The van der Waals surface area contributed by atoms with Crippen molar-refractivity contribution >= 4 is 34.6 Å². The summed E-state index contributed by atoms with van der Waals surface area (Å²) in [6.07, 6.45) is 0.647. The van der Waals surface area contributed by atoms with Crippen LogP contribution in [-0.4, -0.2) is 27.6 Å². The Kier molecular flexibility index (Phi) is 3.94. The van der Waals surface area contributed by atoms with Crippen LogP contribution in [0.3, 0.4) is 0 Å². The normalized spacial score (nSPS) is 17.9. The van der Waals surface area contributed by atoms with Gasteiger partial charge in [0.1, 0.15) is 11.6 Å². The maximum absolute atomic E-state index is 12.0. The summed E-state index contributed by atoms with van der Waals surface area (Å²) in [4.78, 5) is 13.1. The van der Waals surface area contributed by atoms with Gasteiger partial charge in [0.25, 0.3) is 5.91 Å². The van der Waals surface area contributed by atoms with Gasteiger partial charge in [-0.2, -0.15) is 5.10 Å². The highest BCUT2D eigenvalue weighted by Crippen LogP contribution is 2.34. The minimum Gasteiger partial charge on any atom is -0.508 e. The number of phenolic OH excluding ortho intramolecular Hbond substituents is 1. The third-order valence-corrected chi connectivity index (χ3v) is 4.51. The van der Waals surface area contributed by atoms with Crippen LogP contribution in [0, 0.1) is 0 Å². The van der Waals surface area contributed by atoms with Crippen LogP contribution >= 0.6 is 22.9 Å². The second kappa shape index (κ2) is 5.87. The molecule has 2 heterocycles. The molecule has 1 atom stereocenters. The summed E-state index contributed by atoms with van der Waals surface area (Å²) in [5.41, 5.74) is 1.82. The van der Waals surface area contributed by atoms with E-state index in [0.29, 0.717) is 6.42 Å². The molecule has 0 bridgehead atoms. The molecule has 0 aliphatic carbocycles. The highest BCUT2D eigenvalue weighted by atomic mass is 35.5. The van der Waals surface area contributed by atoms with Crippen LogP contribution in [0.4, 0.5) is 0 Å². The average Bonchev–Trinajstić information content (AvgIpc) is 3.16. The van der Waals surface area contributed by atoms with Crippen molar-refractivity contribution in [2.45, 2.75) is 12.5 Å². The van der Waals surface area contributed by atoms with E-state index in [-0.39, 0.29) is 23.6 Å². The largest absolute Gasteiger partial charge is 0.508 e. The third kappa shape index (κ3) is 2.80. The van der Waals surface area contributed by atoms with Gasteiger partial charge in [0.15, 0.2) is 0 Å². The minimum absolute atomic E-state index is 0.101. The number of rotatable bonds is 3. The fraction of sp³-hybridized carbons (Fsp3) is 0.200. The molecule has 0 spiro atoms. The SMILES string of the molecule is O=C(CCl)N1N=C(c2cccs2)C[C@@H]1c1ccc(O)cc1. The molecule has 2 aromatic rings. The molecular weight excluding hydrogens is 308 g/mol. The Labute approximate surface area is 131 Å². The predicted molar refractivity (Wildman–Crippen MR) is 83.9 cm³/mol. The van der Waals surface area contributed by atoms with Gasteiger partial charge in [-0.1, -0.05) is 18.2 Å². The van der Waals surface area contributed by atoms with Gasteiger partial charge in [-0.05, 0) is 29.1 Å². The van der Waals surface area contributed by atoms with E-state index < -0.39 is 0 Å². The summed E-state index contributed by atoms with van der Waals surface area (Å²) in [5, 5.41) is 17.3. The number of carbonyl (C=O) groups excluding carboxylic acids is 1. The molecule has 1 aliphatic rings. The van der Waals surface area contributed by atoms with Gasteiger partial charge in [0, 0.05) is 6.42 Å². The van der Waals surface area contributed by atoms with Crippen molar-refractivity contribution in [3.8, 4) is 5.75 Å². The molecular formula is C15H13ClN2O2S. The number of phenols is 1. The van der Waals surface area contributed by atoms with Crippen molar-refractivity contribution in [1.82, 2.24) is 5.01 Å². The molecule has 1 aliphatic heterocycles. The van der Waals surface area contributed by atoms with Gasteiger partial charge in [0.2, 0.25) is 0 Å². The summed E-state index contributed by atoms with van der Waals surface area (Å²) >= 11 is 7.28. The Morgan fingerprint density at radius 1 is 1.38 bits per heavy atom. The van der Waals surface area contributed by atoms with Crippen LogP contribution in [0.1, 0.15) is 22.9 Å². The Balaban J connectivity index is 1.93. The second-order valence-electron chi connectivity index (χ2n) is 4.71. The number of thiophene rings is 1. The Bertz CT molecular complexity index is 667. The second-order valence-corrected chi connectivity index (χ2v) is 5.92. The number of nitrogens with zero attached hydrogens (tertiary/aromatic N) is 2. The van der Waals surface area contributed by atoms with Gasteiger partial charge in [-0.15, -0.1) is 22.9 Å². The summed E-state index contributed by atoms with van der Waals surface area (Å²) in [6.45, 7) is 0. The first kappa shape index (κ1) is 14.1. The van der Waals surface area contributed by atoms with E-state index in [1.54, 1.807) is 35.6 Å². The van der Waals surface area contributed by atoms with E-state index in [1.807, 2.05) is 17.5 Å². The molecule has 6 heteroatoms. The minimum atomic E-state index is -0.221. The first-order valence-electron chi connectivity index (χ1n) is 6.47. The van der Waals surface area contributed by atoms with Crippen LogP contribution in [0.15, 0.2) is 46.9 Å². The lowest BCUT2D eigenvalue weighted by atomic mass is 10.0. The lowest BCUT2D eigenvalue weighted by molar-refractivity contribution is -0.130.